The van der Waals surface area contributed by atoms with E-state index in [2.05, 4.69) is 15.5 Å². The minimum Gasteiger partial charge on any atom is -0.467 e. The van der Waals surface area contributed by atoms with Gasteiger partial charge in [-0.15, -0.1) is 5.10 Å². The normalized spacial score (nSPS) is 12.0. The molecule has 0 aliphatic rings. The fraction of sp³-hybridized carbons (Fsp3) is 0.133. The molecule has 112 valence electrons. The van der Waals surface area contributed by atoms with Gasteiger partial charge in [0.05, 0.1) is 24.7 Å². The molecule has 0 saturated carbocycles. The van der Waals surface area contributed by atoms with Crippen LogP contribution in [-0.2, 0) is 0 Å². The zero-order valence-corrected chi connectivity index (χ0v) is 11.6. The first kappa shape index (κ1) is 14.0. The molecule has 7 nitrogen and oxygen atoms in total. The molecule has 2 aromatic heterocycles. The molecule has 2 heterocycles. The molecular weight excluding hydrogens is 284 g/mol. The topological polar surface area (TPSA) is 93.2 Å². The lowest BCUT2D eigenvalue weighted by Gasteiger charge is -2.08. The number of amides is 1. The maximum Gasteiger partial charge on any atom is 0.273 e. The van der Waals surface area contributed by atoms with Crippen LogP contribution in [0.25, 0.3) is 5.69 Å². The van der Waals surface area contributed by atoms with Crippen molar-refractivity contribution < 1.29 is 14.3 Å². The minimum absolute atomic E-state index is 0.0323. The number of aliphatic hydroxyl groups excluding tert-OH is 1. The molecule has 1 aromatic carbocycles. The Hall–Kier alpha value is -2.93. The van der Waals surface area contributed by atoms with E-state index in [4.69, 9.17) is 4.42 Å². The van der Waals surface area contributed by atoms with E-state index in [-0.39, 0.29) is 12.2 Å². The highest BCUT2D eigenvalue weighted by Gasteiger charge is 2.15. The van der Waals surface area contributed by atoms with Gasteiger partial charge in [-0.2, -0.15) is 9.90 Å². The smallest absolute Gasteiger partial charge is 0.273 e. The van der Waals surface area contributed by atoms with Crippen molar-refractivity contribution in [3.63, 3.8) is 0 Å². The van der Waals surface area contributed by atoms with Crippen LogP contribution in [0.15, 0.2) is 59.3 Å². The van der Waals surface area contributed by atoms with Crippen LogP contribution in [0.1, 0.15) is 22.4 Å². The maximum absolute atomic E-state index is 12.0. The van der Waals surface area contributed by atoms with E-state index in [0.717, 1.165) is 5.69 Å². The fourth-order valence-corrected chi connectivity index (χ4v) is 1.91. The van der Waals surface area contributed by atoms with Crippen LogP contribution in [0.5, 0.6) is 0 Å². The Morgan fingerprint density at radius 2 is 2.09 bits per heavy atom. The summed E-state index contributed by atoms with van der Waals surface area (Å²) in [6.45, 7) is 0.0323. The van der Waals surface area contributed by atoms with Gasteiger partial charge in [0.1, 0.15) is 11.9 Å². The molecule has 3 rings (SSSR count). The van der Waals surface area contributed by atoms with Crippen LogP contribution in [-0.4, -0.2) is 32.6 Å². The summed E-state index contributed by atoms with van der Waals surface area (Å²) in [5.74, 6) is -0.0129. The number of nitrogens with zero attached hydrogens (tertiary/aromatic N) is 3. The third-order valence-corrected chi connectivity index (χ3v) is 3.04. The van der Waals surface area contributed by atoms with Gasteiger partial charge in [-0.1, -0.05) is 18.2 Å². The summed E-state index contributed by atoms with van der Waals surface area (Å²) in [5, 5.41) is 20.6. The third-order valence-electron chi connectivity index (χ3n) is 3.04. The summed E-state index contributed by atoms with van der Waals surface area (Å²) in [7, 11) is 0. The van der Waals surface area contributed by atoms with Crippen molar-refractivity contribution in [2.45, 2.75) is 6.10 Å². The van der Waals surface area contributed by atoms with Gasteiger partial charge < -0.3 is 14.8 Å². The lowest BCUT2D eigenvalue weighted by atomic mass is 10.2. The van der Waals surface area contributed by atoms with Crippen molar-refractivity contribution in [1.82, 2.24) is 20.3 Å². The molecule has 0 spiro atoms. The SMILES string of the molecule is O=C(NCC(O)c1ccco1)c1cnn(-c2ccccc2)n1. The van der Waals surface area contributed by atoms with Crippen LogP contribution in [0.4, 0.5) is 0 Å². The van der Waals surface area contributed by atoms with Gasteiger partial charge in [-0.05, 0) is 24.3 Å². The molecule has 2 N–H and O–H groups in total. The van der Waals surface area contributed by atoms with Gasteiger partial charge in [0, 0.05) is 0 Å². The first-order valence-corrected chi connectivity index (χ1v) is 6.71. The molecule has 0 radical (unpaired) electrons. The molecule has 3 aromatic rings. The number of nitrogens with one attached hydrogen (secondary N) is 1. The highest BCUT2D eigenvalue weighted by Crippen LogP contribution is 2.11. The summed E-state index contributed by atoms with van der Waals surface area (Å²) in [5.41, 5.74) is 0.938. The number of hydrogen-bond acceptors (Lipinski definition) is 5. The number of aromatic nitrogens is 3. The summed E-state index contributed by atoms with van der Waals surface area (Å²) in [6, 6.07) is 12.6. The Bertz CT molecular complexity index is 737. The van der Waals surface area contributed by atoms with E-state index in [1.54, 1.807) is 12.1 Å². The summed E-state index contributed by atoms with van der Waals surface area (Å²) in [6.07, 6.45) is 1.94. The highest BCUT2D eigenvalue weighted by atomic mass is 16.4. The lowest BCUT2D eigenvalue weighted by Crippen LogP contribution is -2.28. The number of para-hydroxylation sites is 1. The van der Waals surface area contributed by atoms with Gasteiger partial charge in [-0.3, -0.25) is 4.79 Å². The second-order valence-electron chi connectivity index (χ2n) is 4.60. The van der Waals surface area contributed by atoms with Gasteiger partial charge in [0.15, 0.2) is 5.69 Å². The van der Waals surface area contributed by atoms with E-state index in [9.17, 15) is 9.90 Å². The second-order valence-corrected chi connectivity index (χ2v) is 4.60. The number of benzene rings is 1. The van der Waals surface area contributed by atoms with E-state index in [1.165, 1.54) is 17.3 Å². The number of rotatable bonds is 5. The van der Waals surface area contributed by atoms with Crippen LogP contribution in [0.3, 0.4) is 0 Å². The van der Waals surface area contributed by atoms with E-state index >= 15 is 0 Å². The average Bonchev–Trinajstić information content (AvgIpc) is 3.24. The first-order valence-electron chi connectivity index (χ1n) is 6.71. The maximum atomic E-state index is 12.0. The lowest BCUT2D eigenvalue weighted by molar-refractivity contribution is 0.0896. The molecule has 1 unspecified atom stereocenters. The molecule has 0 bridgehead atoms. The van der Waals surface area contributed by atoms with Gasteiger partial charge in [-0.25, -0.2) is 0 Å². The third kappa shape index (κ3) is 3.04. The number of hydrogen-bond donors (Lipinski definition) is 2. The van der Waals surface area contributed by atoms with Crippen LogP contribution < -0.4 is 5.32 Å². The summed E-state index contributed by atoms with van der Waals surface area (Å²) < 4.78 is 5.06. The molecule has 0 saturated heterocycles. The Kier molecular flexibility index (Phi) is 3.97. The van der Waals surface area contributed by atoms with Gasteiger partial charge in [0.2, 0.25) is 0 Å². The molecule has 1 amide bonds. The molecule has 22 heavy (non-hydrogen) atoms. The van der Waals surface area contributed by atoms with Gasteiger partial charge >= 0.3 is 0 Å². The fourth-order valence-electron chi connectivity index (χ4n) is 1.91. The molecule has 0 fully saturated rings. The van der Waals surface area contributed by atoms with Crippen LogP contribution in [0, 0.1) is 0 Å². The van der Waals surface area contributed by atoms with E-state index in [0.29, 0.717) is 5.76 Å². The summed E-state index contributed by atoms with van der Waals surface area (Å²) in [4.78, 5) is 13.4. The van der Waals surface area contributed by atoms with E-state index < -0.39 is 12.0 Å². The molecular formula is C15H14N4O3. The molecule has 7 heteroatoms. The van der Waals surface area contributed by atoms with E-state index in [1.807, 2.05) is 30.3 Å². The van der Waals surface area contributed by atoms with Crippen molar-refractivity contribution in [3.8, 4) is 5.69 Å². The number of aliphatic hydroxyl groups is 1. The summed E-state index contributed by atoms with van der Waals surface area (Å²) >= 11 is 0. The zero-order chi connectivity index (χ0) is 15.4. The largest absolute Gasteiger partial charge is 0.467 e. The van der Waals surface area contributed by atoms with Gasteiger partial charge in [0.25, 0.3) is 5.91 Å². The van der Waals surface area contributed by atoms with Crippen molar-refractivity contribution in [1.29, 1.82) is 0 Å². The minimum atomic E-state index is -0.900. The average molecular weight is 298 g/mol. The zero-order valence-electron chi connectivity index (χ0n) is 11.6. The predicted molar refractivity (Wildman–Crippen MR) is 77.4 cm³/mol. The number of furan rings is 1. The Labute approximate surface area is 126 Å². The molecule has 0 aliphatic carbocycles. The Morgan fingerprint density at radius 1 is 1.27 bits per heavy atom. The standard InChI is InChI=1S/C15H14N4O3/c20-13(14-7-4-8-22-14)10-16-15(21)12-9-17-19(18-12)11-5-2-1-3-6-11/h1-9,13,20H,10H2,(H,16,21). The van der Waals surface area contributed by atoms with Crippen molar-refractivity contribution in [2.75, 3.05) is 6.54 Å². The van der Waals surface area contributed by atoms with Crippen molar-refractivity contribution in [3.05, 3.63) is 66.4 Å². The highest BCUT2D eigenvalue weighted by molar-refractivity contribution is 5.91. The predicted octanol–water partition coefficient (Wildman–Crippen LogP) is 1.32. The quantitative estimate of drug-likeness (QED) is 0.741. The van der Waals surface area contributed by atoms with Crippen LogP contribution >= 0.6 is 0 Å². The first-order chi connectivity index (χ1) is 10.7. The van der Waals surface area contributed by atoms with Crippen molar-refractivity contribution in [2.24, 2.45) is 0 Å². The van der Waals surface area contributed by atoms with Crippen LogP contribution in [0.2, 0.25) is 0 Å². The van der Waals surface area contributed by atoms with Crippen molar-refractivity contribution >= 4 is 5.91 Å². The number of carbonyl (C=O) groups is 1. The molecule has 1 atom stereocenters. The Balaban J connectivity index is 1.62. The number of carbonyl (C=O) groups excluding carboxylic acids is 1. The monoisotopic (exact) mass is 298 g/mol. The molecule has 0 aliphatic heterocycles. The second kappa shape index (κ2) is 6.23. The Morgan fingerprint density at radius 3 is 2.82 bits per heavy atom.